The van der Waals surface area contributed by atoms with Crippen LogP contribution in [0.1, 0.15) is 18.5 Å². The Bertz CT molecular complexity index is 716. The molecule has 1 heterocycles. The number of hydrogen-bond donors (Lipinski definition) is 1. The number of para-hydroxylation sites is 2. The first kappa shape index (κ1) is 11.7. The van der Waals surface area contributed by atoms with Crippen LogP contribution in [0.25, 0.3) is 11.0 Å². The summed E-state index contributed by atoms with van der Waals surface area (Å²) in [5.74, 6) is 0.234. The first-order chi connectivity index (χ1) is 9.16. The summed E-state index contributed by atoms with van der Waals surface area (Å²) < 4.78 is 14.9. The van der Waals surface area contributed by atoms with Gasteiger partial charge < -0.3 is 10.3 Å². The molecule has 0 aliphatic heterocycles. The molecule has 96 valence electrons. The highest BCUT2D eigenvalue weighted by Gasteiger charge is 2.15. The van der Waals surface area contributed by atoms with Crippen LogP contribution < -0.4 is 5.73 Å². The van der Waals surface area contributed by atoms with Crippen LogP contribution >= 0.6 is 0 Å². The van der Waals surface area contributed by atoms with Crippen LogP contribution in [-0.4, -0.2) is 9.55 Å². The van der Waals surface area contributed by atoms with Gasteiger partial charge in [-0.15, -0.1) is 0 Å². The van der Waals surface area contributed by atoms with Crippen molar-refractivity contribution in [1.82, 2.24) is 9.55 Å². The molecule has 0 saturated heterocycles. The van der Waals surface area contributed by atoms with Crippen LogP contribution in [-0.2, 0) is 0 Å². The Balaban J connectivity index is 2.13. The molecular formula is C15H14FN3. The van der Waals surface area contributed by atoms with Gasteiger partial charge in [0, 0.05) is 0 Å². The molecule has 0 saturated carbocycles. The number of rotatable bonds is 2. The van der Waals surface area contributed by atoms with E-state index in [4.69, 9.17) is 5.73 Å². The van der Waals surface area contributed by atoms with E-state index in [0.717, 1.165) is 16.6 Å². The number of nitrogens with zero attached hydrogens (tertiary/aromatic N) is 2. The minimum atomic E-state index is -0.237. The van der Waals surface area contributed by atoms with E-state index in [2.05, 4.69) is 4.98 Å². The average molecular weight is 255 g/mol. The molecule has 19 heavy (non-hydrogen) atoms. The molecule has 0 bridgehead atoms. The fourth-order valence-electron chi connectivity index (χ4n) is 2.36. The molecule has 3 aromatic rings. The Hall–Kier alpha value is -2.36. The maximum absolute atomic E-state index is 13.0. The SMILES string of the molecule is CC(c1ccc(F)cc1)n1c(N)nc2ccccc21. The fourth-order valence-corrected chi connectivity index (χ4v) is 2.36. The van der Waals surface area contributed by atoms with E-state index in [0.29, 0.717) is 5.95 Å². The van der Waals surface area contributed by atoms with Gasteiger partial charge in [0.05, 0.1) is 17.1 Å². The zero-order valence-electron chi connectivity index (χ0n) is 10.5. The monoisotopic (exact) mass is 255 g/mol. The highest BCUT2D eigenvalue weighted by atomic mass is 19.1. The number of nitrogens with two attached hydrogens (primary N) is 1. The molecule has 1 atom stereocenters. The van der Waals surface area contributed by atoms with E-state index < -0.39 is 0 Å². The lowest BCUT2D eigenvalue weighted by atomic mass is 10.1. The number of fused-ring (bicyclic) bond motifs is 1. The highest BCUT2D eigenvalue weighted by molar-refractivity contribution is 5.78. The number of imidazole rings is 1. The maximum atomic E-state index is 13.0. The van der Waals surface area contributed by atoms with Crippen molar-refractivity contribution in [1.29, 1.82) is 0 Å². The average Bonchev–Trinajstić information content (AvgIpc) is 2.74. The quantitative estimate of drug-likeness (QED) is 0.763. The van der Waals surface area contributed by atoms with Gasteiger partial charge in [-0.2, -0.15) is 0 Å². The molecule has 2 aromatic carbocycles. The summed E-state index contributed by atoms with van der Waals surface area (Å²) in [6, 6.07) is 14.3. The molecule has 0 amide bonds. The number of anilines is 1. The lowest BCUT2D eigenvalue weighted by molar-refractivity contribution is 0.621. The summed E-state index contributed by atoms with van der Waals surface area (Å²) >= 11 is 0. The molecule has 0 fully saturated rings. The van der Waals surface area contributed by atoms with Gasteiger partial charge in [0.15, 0.2) is 0 Å². The van der Waals surface area contributed by atoms with Gasteiger partial charge in [-0.3, -0.25) is 0 Å². The van der Waals surface area contributed by atoms with Gasteiger partial charge in [-0.25, -0.2) is 9.37 Å². The van der Waals surface area contributed by atoms with Crippen molar-refractivity contribution in [2.75, 3.05) is 5.73 Å². The Morgan fingerprint density at radius 2 is 1.79 bits per heavy atom. The zero-order valence-corrected chi connectivity index (χ0v) is 10.5. The second kappa shape index (κ2) is 4.39. The summed E-state index contributed by atoms with van der Waals surface area (Å²) in [6.45, 7) is 2.03. The molecule has 0 spiro atoms. The number of aromatic nitrogens is 2. The molecule has 4 heteroatoms. The Morgan fingerprint density at radius 1 is 1.11 bits per heavy atom. The molecule has 1 aromatic heterocycles. The molecule has 0 aliphatic rings. The second-order valence-corrected chi connectivity index (χ2v) is 4.56. The first-order valence-electron chi connectivity index (χ1n) is 6.15. The van der Waals surface area contributed by atoms with Gasteiger partial charge in [0.1, 0.15) is 5.82 Å². The van der Waals surface area contributed by atoms with E-state index >= 15 is 0 Å². The summed E-state index contributed by atoms with van der Waals surface area (Å²) in [4.78, 5) is 4.34. The van der Waals surface area contributed by atoms with E-state index in [1.54, 1.807) is 12.1 Å². The Morgan fingerprint density at radius 3 is 2.53 bits per heavy atom. The summed E-state index contributed by atoms with van der Waals surface area (Å²) in [7, 11) is 0. The van der Waals surface area contributed by atoms with Gasteiger partial charge in [-0.05, 0) is 36.8 Å². The van der Waals surface area contributed by atoms with Gasteiger partial charge >= 0.3 is 0 Å². The predicted octanol–water partition coefficient (Wildman–Crippen LogP) is 3.37. The summed E-state index contributed by atoms with van der Waals surface area (Å²) in [6.07, 6.45) is 0. The zero-order chi connectivity index (χ0) is 13.4. The molecule has 1 unspecified atom stereocenters. The standard InChI is InChI=1S/C15H14FN3/c1-10(11-6-8-12(16)9-7-11)19-14-5-3-2-4-13(14)18-15(19)17/h2-10H,1H3,(H2,17,18). The van der Waals surface area contributed by atoms with Crippen LogP contribution in [0.5, 0.6) is 0 Å². The second-order valence-electron chi connectivity index (χ2n) is 4.56. The largest absolute Gasteiger partial charge is 0.369 e. The van der Waals surface area contributed by atoms with E-state index in [-0.39, 0.29) is 11.9 Å². The lowest BCUT2D eigenvalue weighted by Gasteiger charge is -2.16. The number of benzene rings is 2. The third kappa shape index (κ3) is 1.95. The molecule has 3 nitrogen and oxygen atoms in total. The smallest absolute Gasteiger partial charge is 0.201 e. The maximum Gasteiger partial charge on any atom is 0.201 e. The molecule has 2 N–H and O–H groups in total. The normalized spacial score (nSPS) is 12.7. The van der Waals surface area contributed by atoms with E-state index in [1.165, 1.54) is 12.1 Å². The van der Waals surface area contributed by atoms with Crippen LogP contribution in [0.3, 0.4) is 0 Å². The highest BCUT2D eigenvalue weighted by Crippen LogP contribution is 2.27. The van der Waals surface area contributed by atoms with Gasteiger partial charge in [0.25, 0.3) is 0 Å². The fraction of sp³-hybridized carbons (Fsp3) is 0.133. The third-order valence-corrected chi connectivity index (χ3v) is 3.36. The van der Waals surface area contributed by atoms with Crippen LogP contribution in [0, 0.1) is 5.82 Å². The van der Waals surface area contributed by atoms with Crippen LogP contribution in [0.15, 0.2) is 48.5 Å². The van der Waals surface area contributed by atoms with Crippen molar-refractivity contribution in [2.24, 2.45) is 0 Å². The number of halogens is 1. The Labute approximate surface area is 110 Å². The lowest BCUT2D eigenvalue weighted by Crippen LogP contribution is -2.10. The molecule has 0 radical (unpaired) electrons. The van der Waals surface area contributed by atoms with Crippen LogP contribution in [0.4, 0.5) is 10.3 Å². The third-order valence-electron chi connectivity index (χ3n) is 3.36. The Kier molecular flexibility index (Phi) is 2.71. The van der Waals surface area contributed by atoms with E-state index in [9.17, 15) is 4.39 Å². The van der Waals surface area contributed by atoms with Crippen molar-refractivity contribution in [3.8, 4) is 0 Å². The van der Waals surface area contributed by atoms with Crippen molar-refractivity contribution >= 4 is 17.0 Å². The van der Waals surface area contributed by atoms with E-state index in [1.807, 2.05) is 35.8 Å². The minimum Gasteiger partial charge on any atom is -0.369 e. The molecule has 3 rings (SSSR count). The first-order valence-corrected chi connectivity index (χ1v) is 6.15. The summed E-state index contributed by atoms with van der Waals surface area (Å²) in [5.41, 5.74) is 8.85. The topological polar surface area (TPSA) is 43.8 Å². The van der Waals surface area contributed by atoms with Gasteiger partial charge in [0.2, 0.25) is 5.95 Å². The number of hydrogen-bond acceptors (Lipinski definition) is 2. The van der Waals surface area contributed by atoms with Gasteiger partial charge in [-0.1, -0.05) is 24.3 Å². The van der Waals surface area contributed by atoms with Crippen molar-refractivity contribution in [3.63, 3.8) is 0 Å². The van der Waals surface area contributed by atoms with Crippen molar-refractivity contribution < 1.29 is 4.39 Å². The summed E-state index contributed by atoms with van der Waals surface area (Å²) in [5, 5.41) is 0. The predicted molar refractivity (Wildman–Crippen MR) is 74.4 cm³/mol. The van der Waals surface area contributed by atoms with Crippen molar-refractivity contribution in [3.05, 3.63) is 59.9 Å². The molecule has 0 aliphatic carbocycles. The minimum absolute atomic E-state index is 0.00741. The van der Waals surface area contributed by atoms with Crippen molar-refractivity contribution in [2.45, 2.75) is 13.0 Å². The molecular weight excluding hydrogens is 241 g/mol. The number of nitrogen functional groups attached to an aromatic ring is 1. The van der Waals surface area contributed by atoms with Crippen LogP contribution in [0.2, 0.25) is 0 Å².